The van der Waals surface area contributed by atoms with Crippen molar-refractivity contribution in [1.82, 2.24) is 10.2 Å². The van der Waals surface area contributed by atoms with E-state index < -0.39 is 29.3 Å². The highest BCUT2D eigenvalue weighted by Gasteiger charge is 2.50. The van der Waals surface area contributed by atoms with Crippen molar-refractivity contribution in [1.29, 1.82) is 5.26 Å². The average molecular weight is 602 g/mol. The Morgan fingerprint density at radius 2 is 2.00 bits per heavy atom. The number of allylic oxidation sites excluding steroid dienone is 4. The fraction of sp³-hybridized carbons (Fsp3) is 0.364. The lowest BCUT2D eigenvalue weighted by Crippen LogP contribution is -2.62. The number of benzene rings is 2. The fourth-order valence-corrected chi connectivity index (χ4v) is 6.39. The molecule has 1 unspecified atom stereocenters. The zero-order valence-electron chi connectivity index (χ0n) is 23.8. The first-order valence-electron chi connectivity index (χ1n) is 14.5. The highest BCUT2D eigenvalue weighted by molar-refractivity contribution is 6.30. The molecule has 2 aliphatic heterocycles. The number of urea groups is 1. The summed E-state index contributed by atoms with van der Waals surface area (Å²) in [5.74, 6) is -0.373. The number of nitriles is 1. The Kier molecular flexibility index (Phi) is 8.10. The Labute approximate surface area is 255 Å². The normalized spacial score (nSPS) is 25.9. The first-order chi connectivity index (χ1) is 20.8. The molecular formula is C33H33ClFN5O3. The number of amides is 3. The van der Waals surface area contributed by atoms with Gasteiger partial charge in [0.1, 0.15) is 11.9 Å². The standard InChI is InChI=1S/C33H33ClFN5O3/c1-43-25-17-30(40(19-25)32(42)37-24-10-8-23(34)9-11-24)31(41)38-29-16-22(7-12-27(29)35)33(14-13-20-5-6-20)26-4-2-3-21(18-36)15-28(26)39-33/h2-4,7-12,15-16,20,25,28,30,39H,5-6,13-14,17,19H2,1H3,(H,37,42)(H,38,41)/t25-,28-,30-,33?/m0/s1. The summed E-state index contributed by atoms with van der Waals surface area (Å²) in [4.78, 5) is 28.2. The summed E-state index contributed by atoms with van der Waals surface area (Å²) in [7, 11) is 1.54. The SMILES string of the molecule is CO[C@H]1C[C@@H](C(=O)Nc2cc(C3(CCC4CC4)N[C@H]4C=C(C#N)C=CC=C43)ccc2F)N(C(=O)Nc2ccc(Cl)cc2)C1. The summed E-state index contributed by atoms with van der Waals surface area (Å²) in [6.07, 6.45) is 11.8. The summed E-state index contributed by atoms with van der Waals surface area (Å²) in [5, 5.41) is 19.2. The fourth-order valence-electron chi connectivity index (χ4n) is 6.27. The highest BCUT2D eigenvalue weighted by atomic mass is 35.5. The maximum atomic E-state index is 15.2. The summed E-state index contributed by atoms with van der Waals surface area (Å²) >= 11 is 5.96. The molecule has 2 aliphatic carbocycles. The Hall–Kier alpha value is -3.97. The van der Waals surface area contributed by atoms with Crippen LogP contribution in [0.1, 0.15) is 37.7 Å². The maximum Gasteiger partial charge on any atom is 0.322 e. The minimum absolute atomic E-state index is 0.0514. The largest absolute Gasteiger partial charge is 0.380 e. The van der Waals surface area contributed by atoms with Gasteiger partial charge >= 0.3 is 6.03 Å². The number of likely N-dealkylation sites (tertiary alicyclic amines) is 1. The Morgan fingerprint density at radius 3 is 2.72 bits per heavy atom. The molecule has 4 aliphatic rings. The molecule has 3 fully saturated rings. The zero-order chi connectivity index (χ0) is 30.1. The third-order valence-corrected chi connectivity index (χ3v) is 9.11. The third-order valence-electron chi connectivity index (χ3n) is 8.85. The van der Waals surface area contributed by atoms with Crippen LogP contribution in [-0.2, 0) is 15.1 Å². The van der Waals surface area contributed by atoms with Crippen LogP contribution in [0, 0.1) is 23.1 Å². The van der Waals surface area contributed by atoms with E-state index in [1.165, 1.54) is 30.9 Å². The predicted octanol–water partition coefficient (Wildman–Crippen LogP) is 6.04. The van der Waals surface area contributed by atoms with Crippen LogP contribution in [0.25, 0.3) is 0 Å². The summed E-state index contributed by atoms with van der Waals surface area (Å²) in [6.45, 7) is 0.214. The van der Waals surface area contributed by atoms with Gasteiger partial charge in [-0.3, -0.25) is 10.1 Å². The van der Waals surface area contributed by atoms with E-state index in [0.717, 1.165) is 24.0 Å². The molecule has 6 rings (SSSR count). The van der Waals surface area contributed by atoms with E-state index in [9.17, 15) is 14.9 Å². The monoisotopic (exact) mass is 601 g/mol. The van der Waals surface area contributed by atoms with E-state index in [1.54, 1.807) is 42.5 Å². The third kappa shape index (κ3) is 5.96. The van der Waals surface area contributed by atoms with E-state index >= 15 is 4.39 Å². The minimum atomic E-state index is -0.861. The molecule has 43 heavy (non-hydrogen) atoms. The second kappa shape index (κ2) is 12.0. The molecule has 2 aromatic carbocycles. The van der Waals surface area contributed by atoms with Gasteiger partial charge in [0.2, 0.25) is 5.91 Å². The number of fused-ring (bicyclic) bond motifs is 1. The van der Waals surface area contributed by atoms with Crippen LogP contribution >= 0.6 is 11.6 Å². The highest BCUT2D eigenvalue weighted by Crippen LogP contribution is 2.49. The number of methoxy groups -OCH3 is 1. The molecule has 1 saturated carbocycles. The topological polar surface area (TPSA) is 106 Å². The molecule has 222 valence electrons. The van der Waals surface area contributed by atoms with Crippen molar-refractivity contribution in [3.05, 3.63) is 94.3 Å². The molecule has 10 heteroatoms. The van der Waals surface area contributed by atoms with Crippen LogP contribution in [0.2, 0.25) is 5.02 Å². The molecule has 0 spiro atoms. The van der Waals surface area contributed by atoms with Gasteiger partial charge in [-0.2, -0.15) is 5.26 Å². The average Bonchev–Trinajstić information content (AvgIpc) is 3.75. The Balaban J connectivity index is 1.24. The van der Waals surface area contributed by atoms with E-state index in [1.807, 2.05) is 18.2 Å². The molecule has 3 amide bonds. The molecule has 0 bridgehead atoms. The van der Waals surface area contributed by atoms with Crippen molar-refractivity contribution in [3.63, 3.8) is 0 Å². The van der Waals surface area contributed by atoms with Gasteiger partial charge < -0.3 is 20.3 Å². The lowest BCUT2D eigenvalue weighted by Gasteiger charge is -2.52. The molecule has 8 nitrogen and oxygen atoms in total. The van der Waals surface area contributed by atoms with Gasteiger partial charge in [-0.25, -0.2) is 9.18 Å². The van der Waals surface area contributed by atoms with Crippen molar-refractivity contribution in [3.8, 4) is 6.07 Å². The van der Waals surface area contributed by atoms with Crippen LogP contribution in [0.5, 0.6) is 0 Å². The van der Waals surface area contributed by atoms with Crippen molar-refractivity contribution >= 4 is 34.9 Å². The molecule has 4 atom stereocenters. The molecule has 2 saturated heterocycles. The number of halogens is 2. The van der Waals surface area contributed by atoms with Gasteiger partial charge in [-0.15, -0.1) is 0 Å². The number of hydrogen-bond acceptors (Lipinski definition) is 5. The van der Waals surface area contributed by atoms with Gasteiger partial charge in [0, 0.05) is 36.4 Å². The number of anilines is 2. The summed E-state index contributed by atoms with van der Waals surface area (Å²) < 4.78 is 20.7. The van der Waals surface area contributed by atoms with Gasteiger partial charge in [-0.1, -0.05) is 42.7 Å². The second-order valence-corrected chi connectivity index (χ2v) is 12.0. The summed E-state index contributed by atoms with van der Waals surface area (Å²) in [5.41, 5.74) is 2.59. The second-order valence-electron chi connectivity index (χ2n) is 11.6. The van der Waals surface area contributed by atoms with Gasteiger partial charge in [0.15, 0.2) is 0 Å². The molecule has 0 radical (unpaired) electrons. The van der Waals surface area contributed by atoms with Crippen molar-refractivity contribution < 1.29 is 18.7 Å². The number of hydrogen-bond donors (Lipinski definition) is 3. The van der Waals surface area contributed by atoms with E-state index in [0.29, 0.717) is 22.2 Å². The number of carbonyl (C=O) groups is 2. The van der Waals surface area contributed by atoms with Crippen LogP contribution in [0.3, 0.4) is 0 Å². The quantitative estimate of drug-likeness (QED) is 0.342. The predicted molar refractivity (Wildman–Crippen MR) is 163 cm³/mol. The lowest BCUT2D eigenvalue weighted by molar-refractivity contribution is -0.119. The molecule has 2 heterocycles. The maximum absolute atomic E-state index is 15.2. The number of ether oxygens (including phenoxy) is 1. The van der Waals surface area contributed by atoms with Gasteiger partial charge in [0.05, 0.1) is 29.4 Å². The van der Waals surface area contributed by atoms with Crippen molar-refractivity contribution in [2.24, 2.45) is 5.92 Å². The van der Waals surface area contributed by atoms with E-state index in [4.69, 9.17) is 16.3 Å². The number of rotatable bonds is 8. The molecule has 0 aromatic heterocycles. The number of nitrogens with zero attached hydrogens (tertiary/aromatic N) is 2. The first-order valence-corrected chi connectivity index (χ1v) is 14.9. The van der Waals surface area contributed by atoms with Crippen LogP contribution in [0.15, 0.2) is 77.9 Å². The van der Waals surface area contributed by atoms with E-state index in [-0.39, 0.29) is 30.8 Å². The zero-order valence-corrected chi connectivity index (χ0v) is 24.5. The van der Waals surface area contributed by atoms with Crippen LogP contribution in [-0.4, -0.2) is 48.7 Å². The smallest absolute Gasteiger partial charge is 0.322 e. The molecule has 2 aromatic rings. The molecule has 3 N–H and O–H groups in total. The van der Waals surface area contributed by atoms with E-state index in [2.05, 4.69) is 22.0 Å². The van der Waals surface area contributed by atoms with Gasteiger partial charge in [0.25, 0.3) is 0 Å². The lowest BCUT2D eigenvalue weighted by atomic mass is 9.68. The van der Waals surface area contributed by atoms with Crippen LogP contribution < -0.4 is 16.0 Å². The first kappa shape index (κ1) is 29.1. The molecular weight excluding hydrogens is 569 g/mol. The Bertz CT molecular complexity index is 1560. The Morgan fingerprint density at radius 1 is 1.21 bits per heavy atom. The number of carbonyl (C=O) groups excluding carboxylic acids is 2. The van der Waals surface area contributed by atoms with Gasteiger partial charge in [-0.05, 0) is 78.4 Å². The van der Waals surface area contributed by atoms with Crippen molar-refractivity contribution in [2.45, 2.75) is 55.8 Å². The van der Waals surface area contributed by atoms with Crippen molar-refractivity contribution in [2.75, 3.05) is 24.3 Å². The van der Waals surface area contributed by atoms with Crippen LogP contribution in [0.4, 0.5) is 20.6 Å². The number of nitrogens with one attached hydrogen (secondary N) is 3. The minimum Gasteiger partial charge on any atom is -0.380 e. The summed E-state index contributed by atoms with van der Waals surface area (Å²) in [6, 6.07) is 12.3.